The Morgan fingerprint density at radius 3 is 2.35 bits per heavy atom. The molecule has 0 atom stereocenters. The van der Waals surface area contributed by atoms with Crippen molar-refractivity contribution in [1.82, 2.24) is 19.9 Å². The molecular formula is C25H22FN5O3. The summed E-state index contributed by atoms with van der Waals surface area (Å²) in [5.41, 5.74) is 3.41. The van der Waals surface area contributed by atoms with Gasteiger partial charge in [-0.05, 0) is 37.3 Å². The van der Waals surface area contributed by atoms with Crippen LogP contribution >= 0.6 is 0 Å². The minimum absolute atomic E-state index is 0.158. The summed E-state index contributed by atoms with van der Waals surface area (Å²) in [6.45, 7) is 3.29. The highest BCUT2D eigenvalue weighted by Crippen LogP contribution is 2.28. The topological polar surface area (TPSA) is 91.6 Å². The Morgan fingerprint density at radius 1 is 0.971 bits per heavy atom. The first kappa shape index (κ1) is 21.6. The van der Waals surface area contributed by atoms with E-state index in [1.165, 1.54) is 24.3 Å². The lowest BCUT2D eigenvalue weighted by molar-refractivity contribution is 0.0673. The van der Waals surface area contributed by atoms with Crippen LogP contribution in [0.3, 0.4) is 0 Å². The van der Waals surface area contributed by atoms with Crippen LogP contribution < -0.4 is 5.32 Å². The minimum atomic E-state index is -0.367. The van der Waals surface area contributed by atoms with Crippen molar-refractivity contribution in [3.05, 3.63) is 77.7 Å². The number of urea groups is 1. The van der Waals surface area contributed by atoms with Gasteiger partial charge in [0.1, 0.15) is 5.82 Å². The Morgan fingerprint density at radius 2 is 1.65 bits per heavy atom. The molecule has 3 amide bonds. The van der Waals surface area contributed by atoms with E-state index in [1.54, 1.807) is 22.8 Å². The van der Waals surface area contributed by atoms with Crippen molar-refractivity contribution in [2.24, 2.45) is 0 Å². The molecule has 2 aromatic heterocycles. The number of nitrogens with one attached hydrogen (secondary N) is 1. The second-order valence-corrected chi connectivity index (χ2v) is 8.09. The summed E-state index contributed by atoms with van der Waals surface area (Å²) in [5.74, 6) is -0.525. The van der Waals surface area contributed by atoms with Crippen LogP contribution in [0, 0.1) is 12.7 Å². The second-order valence-electron chi connectivity index (χ2n) is 8.09. The third kappa shape index (κ3) is 4.19. The molecule has 0 unspecified atom stereocenters. The Bertz CT molecular complexity index is 1350. The fourth-order valence-corrected chi connectivity index (χ4v) is 4.04. The number of pyridine rings is 1. The van der Waals surface area contributed by atoms with Crippen molar-refractivity contribution >= 4 is 28.7 Å². The number of carbonyl (C=O) groups is 2. The quantitative estimate of drug-likeness (QED) is 0.493. The third-order valence-corrected chi connectivity index (χ3v) is 5.87. The number of nitrogens with zero attached hydrogens (tertiary/aromatic N) is 4. The molecule has 0 bridgehead atoms. The smallest absolute Gasteiger partial charge is 0.321 e. The van der Waals surface area contributed by atoms with Gasteiger partial charge >= 0.3 is 6.03 Å². The van der Waals surface area contributed by atoms with Gasteiger partial charge in [-0.25, -0.2) is 14.2 Å². The fourth-order valence-electron chi connectivity index (χ4n) is 4.04. The monoisotopic (exact) mass is 459 g/mol. The minimum Gasteiger partial charge on any atom is -0.335 e. The Labute approximate surface area is 195 Å². The van der Waals surface area contributed by atoms with Crippen LogP contribution in [0.25, 0.3) is 22.4 Å². The first-order valence-corrected chi connectivity index (χ1v) is 10.9. The number of halogens is 1. The molecule has 34 heavy (non-hydrogen) atoms. The largest absolute Gasteiger partial charge is 0.335 e. The summed E-state index contributed by atoms with van der Waals surface area (Å²) in [7, 11) is 0. The summed E-state index contributed by atoms with van der Waals surface area (Å²) in [6.07, 6.45) is 0. The van der Waals surface area contributed by atoms with Gasteiger partial charge in [0.2, 0.25) is 0 Å². The number of hydrogen-bond donors (Lipinski definition) is 1. The van der Waals surface area contributed by atoms with Crippen molar-refractivity contribution in [2.45, 2.75) is 6.92 Å². The van der Waals surface area contributed by atoms with E-state index in [-0.39, 0.29) is 17.8 Å². The normalized spacial score (nSPS) is 13.8. The van der Waals surface area contributed by atoms with Crippen LogP contribution in [-0.2, 0) is 0 Å². The zero-order chi connectivity index (χ0) is 23.7. The number of carbonyl (C=O) groups excluding carboxylic acids is 2. The Balaban J connectivity index is 1.33. The molecule has 9 heteroatoms. The lowest BCUT2D eigenvalue weighted by atomic mass is 10.0. The summed E-state index contributed by atoms with van der Waals surface area (Å²) >= 11 is 0. The Kier molecular flexibility index (Phi) is 5.67. The molecular weight excluding hydrogens is 437 g/mol. The zero-order valence-corrected chi connectivity index (χ0v) is 18.5. The standard InChI is InChI=1S/C25H22FN5O3/c1-16-22-20(15-21(28-23(22)34-29-16)17-5-3-2-4-6-17)24(32)30-11-13-31(14-12-30)25(33)27-19-9-7-18(26)8-10-19/h2-10,15H,11-14H2,1H3,(H,27,33). The molecule has 5 rings (SSSR count). The first-order chi connectivity index (χ1) is 16.5. The molecule has 1 saturated heterocycles. The van der Waals surface area contributed by atoms with Gasteiger partial charge in [0.15, 0.2) is 0 Å². The second kappa shape index (κ2) is 8.93. The van der Waals surface area contributed by atoms with Crippen molar-refractivity contribution in [3.8, 4) is 11.3 Å². The molecule has 172 valence electrons. The van der Waals surface area contributed by atoms with Crippen LogP contribution in [-0.4, -0.2) is 58.1 Å². The fraction of sp³-hybridized carbons (Fsp3) is 0.200. The van der Waals surface area contributed by atoms with Gasteiger partial charge in [-0.1, -0.05) is 35.5 Å². The van der Waals surface area contributed by atoms with Crippen LogP contribution in [0.15, 0.2) is 65.2 Å². The van der Waals surface area contributed by atoms with Crippen molar-refractivity contribution in [3.63, 3.8) is 0 Å². The highest BCUT2D eigenvalue weighted by Gasteiger charge is 2.28. The molecule has 2 aromatic carbocycles. The number of piperazine rings is 1. The number of anilines is 1. The van der Waals surface area contributed by atoms with Gasteiger partial charge in [-0.3, -0.25) is 4.79 Å². The van der Waals surface area contributed by atoms with E-state index in [2.05, 4.69) is 15.5 Å². The maximum absolute atomic E-state index is 13.5. The van der Waals surface area contributed by atoms with Crippen molar-refractivity contribution in [1.29, 1.82) is 0 Å². The highest BCUT2D eigenvalue weighted by atomic mass is 19.1. The van der Waals surface area contributed by atoms with Crippen LogP contribution in [0.2, 0.25) is 0 Å². The van der Waals surface area contributed by atoms with Crippen LogP contribution in [0.1, 0.15) is 16.1 Å². The van der Waals surface area contributed by atoms with Crippen molar-refractivity contribution in [2.75, 3.05) is 31.5 Å². The SMILES string of the molecule is Cc1noc2nc(-c3ccccc3)cc(C(=O)N3CCN(C(=O)Nc4ccc(F)cc4)CC3)c12. The van der Waals surface area contributed by atoms with E-state index in [0.717, 1.165) is 5.56 Å². The van der Waals surface area contributed by atoms with Crippen molar-refractivity contribution < 1.29 is 18.5 Å². The molecule has 0 saturated carbocycles. The maximum Gasteiger partial charge on any atom is 0.321 e. The first-order valence-electron chi connectivity index (χ1n) is 10.9. The highest BCUT2D eigenvalue weighted by molar-refractivity contribution is 6.07. The summed E-state index contributed by atoms with van der Waals surface area (Å²) in [5, 5.41) is 7.36. The number of hydrogen-bond acceptors (Lipinski definition) is 5. The lowest BCUT2D eigenvalue weighted by Crippen LogP contribution is -2.51. The van der Waals surface area contributed by atoms with Gasteiger partial charge in [0.05, 0.1) is 22.3 Å². The molecule has 4 aromatic rings. The third-order valence-electron chi connectivity index (χ3n) is 5.87. The zero-order valence-electron chi connectivity index (χ0n) is 18.5. The molecule has 0 radical (unpaired) electrons. The molecule has 8 nitrogen and oxygen atoms in total. The number of amides is 3. The van der Waals surface area contributed by atoms with E-state index in [0.29, 0.717) is 59.9 Å². The molecule has 1 aliphatic rings. The van der Waals surface area contributed by atoms with E-state index in [1.807, 2.05) is 30.3 Å². The van der Waals surface area contributed by atoms with Gasteiger partial charge in [0.25, 0.3) is 11.6 Å². The molecule has 0 spiro atoms. The number of rotatable bonds is 3. The van der Waals surface area contributed by atoms with E-state index in [9.17, 15) is 14.0 Å². The van der Waals surface area contributed by atoms with Gasteiger partial charge in [-0.15, -0.1) is 0 Å². The molecule has 1 fully saturated rings. The maximum atomic E-state index is 13.5. The lowest BCUT2D eigenvalue weighted by Gasteiger charge is -2.34. The van der Waals surface area contributed by atoms with Gasteiger partial charge < -0.3 is 19.6 Å². The number of aryl methyl sites for hydroxylation is 1. The molecule has 1 aliphatic heterocycles. The molecule has 1 N–H and O–H groups in total. The van der Waals surface area contributed by atoms with Crippen LogP contribution in [0.5, 0.6) is 0 Å². The number of benzene rings is 2. The van der Waals surface area contributed by atoms with E-state index >= 15 is 0 Å². The molecule has 3 heterocycles. The summed E-state index contributed by atoms with van der Waals surface area (Å²) in [4.78, 5) is 34.0. The summed E-state index contributed by atoms with van der Waals surface area (Å²) < 4.78 is 18.5. The Hall–Kier alpha value is -4.27. The molecule has 0 aliphatic carbocycles. The number of fused-ring (bicyclic) bond motifs is 1. The van der Waals surface area contributed by atoms with Crippen LogP contribution in [0.4, 0.5) is 14.9 Å². The average molecular weight is 459 g/mol. The predicted molar refractivity (Wildman–Crippen MR) is 125 cm³/mol. The predicted octanol–water partition coefficient (Wildman–Crippen LogP) is 4.33. The van der Waals surface area contributed by atoms with Gasteiger partial charge in [-0.2, -0.15) is 0 Å². The number of aromatic nitrogens is 2. The average Bonchev–Trinajstić information content (AvgIpc) is 3.25. The van der Waals surface area contributed by atoms with Gasteiger partial charge in [0, 0.05) is 37.4 Å². The summed E-state index contributed by atoms with van der Waals surface area (Å²) in [6, 6.07) is 16.7. The van der Waals surface area contributed by atoms with E-state index < -0.39 is 0 Å². The van der Waals surface area contributed by atoms with E-state index in [4.69, 9.17) is 4.52 Å².